The summed E-state index contributed by atoms with van der Waals surface area (Å²) in [5.41, 5.74) is -0.00741. The molecule has 138 valence electrons. The summed E-state index contributed by atoms with van der Waals surface area (Å²) in [4.78, 5) is 24.3. The summed E-state index contributed by atoms with van der Waals surface area (Å²) in [5.74, 6) is -1.29. The van der Waals surface area contributed by atoms with E-state index >= 15 is 0 Å². The van der Waals surface area contributed by atoms with Crippen molar-refractivity contribution in [3.05, 3.63) is 68.8 Å². The van der Waals surface area contributed by atoms with Gasteiger partial charge in [-0.05, 0) is 64.6 Å². The molecule has 0 fully saturated rings. The summed E-state index contributed by atoms with van der Waals surface area (Å²) in [6.45, 7) is 0. The number of methoxy groups -OCH3 is 1. The van der Waals surface area contributed by atoms with Crippen molar-refractivity contribution in [2.45, 2.75) is 18.6 Å². The van der Waals surface area contributed by atoms with E-state index in [9.17, 15) is 22.8 Å². The Bertz CT molecular complexity index is 791. The maximum Gasteiger partial charge on any atom is 0.416 e. The number of nitrogens with one attached hydrogen (secondary N) is 1. The molecule has 2 aromatic carbocycles. The summed E-state index contributed by atoms with van der Waals surface area (Å²) in [6, 6.07) is 10.2. The molecule has 0 aliphatic heterocycles. The zero-order valence-corrected chi connectivity index (χ0v) is 15.8. The number of alkyl halides is 3. The first-order valence-electron chi connectivity index (χ1n) is 7.51. The van der Waals surface area contributed by atoms with Gasteiger partial charge in [0.1, 0.15) is 6.04 Å². The predicted octanol–water partition coefficient (Wildman–Crippen LogP) is 3.82. The fourth-order valence-corrected chi connectivity index (χ4v) is 2.89. The summed E-state index contributed by atoms with van der Waals surface area (Å²) >= 11 is 2.13. The third-order valence-electron chi connectivity index (χ3n) is 3.59. The van der Waals surface area contributed by atoms with Crippen LogP contribution in [0.4, 0.5) is 13.2 Å². The number of hydrogen-bond acceptors (Lipinski definition) is 3. The van der Waals surface area contributed by atoms with Crippen LogP contribution in [0.2, 0.25) is 0 Å². The lowest BCUT2D eigenvalue weighted by Gasteiger charge is -2.17. The second-order valence-electron chi connectivity index (χ2n) is 5.46. The molecule has 1 atom stereocenters. The van der Waals surface area contributed by atoms with E-state index < -0.39 is 29.7 Å². The molecule has 2 aromatic rings. The molecule has 0 spiro atoms. The normalized spacial score (nSPS) is 12.3. The van der Waals surface area contributed by atoms with Crippen molar-refractivity contribution in [2.24, 2.45) is 0 Å². The van der Waals surface area contributed by atoms with Gasteiger partial charge in [-0.15, -0.1) is 0 Å². The number of benzene rings is 2. The van der Waals surface area contributed by atoms with Crippen LogP contribution < -0.4 is 5.32 Å². The van der Waals surface area contributed by atoms with Gasteiger partial charge in [0.2, 0.25) is 0 Å². The van der Waals surface area contributed by atoms with E-state index in [2.05, 4.69) is 27.9 Å². The van der Waals surface area contributed by atoms with Crippen LogP contribution in [-0.2, 0) is 22.1 Å². The smallest absolute Gasteiger partial charge is 0.416 e. The molecule has 0 saturated heterocycles. The number of amides is 1. The van der Waals surface area contributed by atoms with Crippen molar-refractivity contribution < 1.29 is 27.5 Å². The second-order valence-corrected chi connectivity index (χ2v) is 6.70. The maximum atomic E-state index is 12.6. The van der Waals surface area contributed by atoms with E-state index in [0.29, 0.717) is 0 Å². The SMILES string of the molecule is COC(=O)[C@@H](Cc1cccc(I)c1)NC(=O)c1ccc(C(F)(F)F)cc1. The van der Waals surface area contributed by atoms with Crippen molar-refractivity contribution in [2.75, 3.05) is 7.11 Å². The van der Waals surface area contributed by atoms with Crippen LogP contribution in [0.15, 0.2) is 48.5 Å². The van der Waals surface area contributed by atoms with Gasteiger partial charge in [0.15, 0.2) is 0 Å². The Hall–Kier alpha value is -2.10. The van der Waals surface area contributed by atoms with Crippen LogP contribution in [0.3, 0.4) is 0 Å². The van der Waals surface area contributed by atoms with E-state index in [-0.39, 0.29) is 12.0 Å². The van der Waals surface area contributed by atoms with Crippen molar-refractivity contribution in [1.82, 2.24) is 5.32 Å². The molecule has 0 radical (unpaired) electrons. The Morgan fingerprint density at radius 3 is 2.35 bits per heavy atom. The van der Waals surface area contributed by atoms with Gasteiger partial charge >= 0.3 is 12.1 Å². The van der Waals surface area contributed by atoms with Gasteiger partial charge in [0, 0.05) is 15.6 Å². The molecule has 0 saturated carbocycles. The zero-order valence-electron chi connectivity index (χ0n) is 13.6. The standard InChI is InChI=1S/C18H15F3INO3/c1-26-17(25)15(10-11-3-2-4-14(22)9-11)23-16(24)12-5-7-13(8-6-12)18(19,20)21/h2-9,15H,10H2,1H3,(H,23,24)/t15-/m1/s1. The first kappa shape index (κ1) is 20.2. The molecular formula is C18H15F3INO3. The van der Waals surface area contributed by atoms with Gasteiger partial charge < -0.3 is 10.1 Å². The number of carbonyl (C=O) groups is 2. The first-order chi connectivity index (χ1) is 12.2. The molecule has 26 heavy (non-hydrogen) atoms. The lowest BCUT2D eigenvalue weighted by atomic mass is 10.0. The van der Waals surface area contributed by atoms with Crippen molar-refractivity contribution >= 4 is 34.5 Å². The average Bonchev–Trinajstić information content (AvgIpc) is 2.59. The molecule has 0 aliphatic rings. The van der Waals surface area contributed by atoms with Crippen molar-refractivity contribution in [3.8, 4) is 0 Å². The van der Waals surface area contributed by atoms with Crippen LogP contribution in [0.25, 0.3) is 0 Å². The number of rotatable bonds is 5. The molecule has 8 heteroatoms. The van der Waals surface area contributed by atoms with Crippen LogP contribution in [0.1, 0.15) is 21.5 Å². The second kappa shape index (κ2) is 8.52. The van der Waals surface area contributed by atoms with E-state index in [4.69, 9.17) is 4.74 Å². The zero-order chi connectivity index (χ0) is 19.3. The highest BCUT2D eigenvalue weighted by Crippen LogP contribution is 2.29. The van der Waals surface area contributed by atoms with Gasteiger partial charge in [-0.3, -0.25) is 4.79 Å². The summed E-state index contributed by atoms with van der Waals surface area (Å²) in [6.07, 6.45) is -4.27. The Balaban J connectivity index is 2.14. The fraction of sp³-hybridized carbons (Fsp3) is 0.222. The van der Waals surface area contributed by atoms with Crippen molar-refractivity contribution in [3.63, 3.8) is 0 Å². The Kier molecular flexibility index (Phi) is 6.63. The predicted molar refractivity (Wildman–Crippen MR) is 97.6 cm³/mol. The molecular weight excluding hydrogens is 462 g/mol. The molecule has 4 nitrogen and oxygen atoms in total. The maximum absolute atomic E-state index is 12.6. The average molecular weight is 477 g/mol. The minimum atomic E-state index is -4.48. The number of halogens is 4. The number of carbonyl (C=O) groups excluding carboxylic acids is 2. The Labute approximate surface area is 161 Å². The molecule has 0 aliphatic carbocycles. The Morgan fingerprint density at radius 2 is 1.81 bits per heavy atom. The number of hydrogen-bond donors (Lipinski definition) is 1. The third-order valence-corrected chi connectivity index (χ3v) is 4.27. The lowest BCUT2D eigenvalue weighted by Crippen LogP contribution is -2.43. The number of ether oxygens (including phenoxy) is 1. The monoisotopic (exact) mass is 477 g/mol. The summed E-state index contributed by atoms with van der Waals surface area (Å²) < 4.78 is 43.5. The largest absolute Gasteiger partial charge is 0.467 e. The van der Waals surface area contributed by atoms with Crippen molar-refractivity contribution in [1.29, 1.82) is 0 Å². The molecule has 0 unspecified atom stereocenters. The van der Waals surface area contributed by atoms with Gasteiger partial charge in [0.05, 0.1) is 12.7 Å². The van der Waals surface area contributed by atoms with E-state index in [1.165, 1.54) is 7.11 Å². The van der Waals surface area contributed by atoms with Gasteiger partial charge in [-0.25, -0.2) is 4.79 Å². The topological polar surface area (TPSA) is 55.4 Å². The van der Waals surface area contributed by atoms with Crippen LogP contribution >= 0.6 is 22.6 Å². The highest BCUT2D eigenvalue weighted by molar-refractivity contribution is 14.1. The van der Waals surface area contributed by atoms with Gasteiger partial charge in [-0.1, -0.05) is 12.1 Å². The quantitative estimate of drug-likeness (QED) is 0.527. The lowest BCUT2D eigenvalue weighted by molar-refractivity contribution is -0.142. The minimum Gasteiger partial charge on any atom is -0.467 e. The van der Waals surface area contributed by atoms with E-state index in [1.807, 2.05) is 24.3 Å². The molecule has 0 bridgehead atoms. The third kappa shape index (κ3) is 5.45. The molecule has 1 N–H and O–H groups in total. The van der Waals surface area contributed by atoms with E-state index in [0.717, 1.165) is 33.4 Å². The molecule has 0 aromatic heterocycles. The first-order valence-corrected chi connectivity index (χ1v) is 8.59. The van der Waals surface area contributed by atoms with Crippen LogP contribution in [0, 0.1) is 3.57 Å². The van der Waals surface area contributed by atoms with Gasteiger partial charge in [0.25, 0.3) is 5.91 Å². The fourth-order valence-electron chi connectivity index (χ4n) is 2.29. The Morgan fingerprint density at radius 1 is 1.15 bits per heavy atom. The summed E-state index contributed by atoms with van der Waals surface area (Å²) in [5, 5.41) is 2.51. The van der Waals surface area contributed by atoms with Crippen LogP contribution in [-0.4, -0.2) is 25.0 Å². The molecule has 2 rings (SSSR count). The highest BCUT2D eigenvalue weighted by Gasteiger charge is 2.30. The summed E-state index contributed by atoms with van der Waals surface area (Å²) in [7, 11) is 1.20. The van der Waals surface area contributed by atoms with Gasteiger partial charge in [-0.2, -0.15) is 13.2 Å². The number of esters is 1. The minimum absolute atomic E-state index is 0.0227. The molecule has 1 amide bonds. The highest BCUT2D eigenvalue weighted by atomic mass is 127. The van der Waals surface area contributed by atoms with Crippen LogP contribution in [0.5, 0.6) is 0 Å². The van der Waals surface area contributed by atoms with E-state index in [1.54, 1.807) is 0 Å². The molecule has 0 heterocycles.